The van der Waals surface area contributed by atoms with E-state index >= 15 is 0 Å². The van der Waals surface area contributed by atoms with E-state index in [0.29, 0.717) is 28.2 Å². The number of carbonyl (C=O) groups excluding carboxylic acids is 1. The van der Waals surface area contributed by atoms with Crippen molar-refractivity contribution in [2.24, 2.45) is 5.92 Å². The lowest BCUT2D eigenvalue weighted by Gasteiger charge is -2.53. The average molecular weight is 631 g/mol. The minimum absolute atomic E-state index is 0.0462. The molecule has 242 valence electrons. The van der Waals surface area contributed by atoms with Crippen LogP contribution in [0.5, 0.6) is 28.7 Å². The number of methoxy groups -OCH3 is 2. The van der Waals surface area contributed by atoms with Crippen molar-refractivity contribution in [1.82, 2.24) is 0 Å². The van der Waals surface area contributed by atoms with Crippen molar-refractivity contribution in [1.29, 1.82) is 0 Å². The summed E-state index contributed by atoms with van der Waals surface area (Å²) < 4.78 is 51.4. The molecule has 0 aromatic heterocycles. The first-order chi connectivity index (χ1) is 21.6. The molecule has 0 radical (unpaired) electrons. The third-order valence-electron chi connectivity index (χ3n) is 9.29. The number of rotatable bonds is 5. The van der Waals surface area contributed by atoms with Crippen LogP contribution < -0.4 is 18.9 Å². The summed E-state index contributed by atoms with van der Waals surface area (Å²) in [5.74, 6) is -2.13. The molecule has 0 amide bonds. The number of hydrogen-bond acceptors (Lipinski definition) is 14. The normalized spacial score (nSPS) is 36.8. The molecule has 0 saturated carbocycles. The molecule has 0 spiro atoms. The lowest BCUT2D eigenvalue weighted by Crippen LogP contribution is -2.64. The van der Waals surface area contributed by atoms with Crippen LogP contribution in [0.1, 0.15) is 35.6 Å². The minimum atomic E-state index is -2.04. The zero-order valence-corrected chi connectivity index (χ0v) is 24.7. The van der Waals surface area contributed by atoms with Crippen LogP contribution >= 0.6 is 0 Å². The van der Waals surface area contributed by atoms with Crippen LogP contribution in [0.4, 0.5) is 0 Å². The Morgan fingerprint density at radius 2 is 1.60 bits per heavy atom. The molecule has 10 atom stereocenters. The van der Waals surface area contributed by atoms with Crippen LogP contribution in [0.25, 0.3) is 0 Å². The molecule has 45 heavy (non-hydrogen) atoms. The molecule has 3 fully saturated rings. The van der Waals surface area contributed by atoms with Gasteiger partial charge in [0.1, 0.15) is 36.6 Å². The van der Waals surface area contributed by atoms with Crippen LogP contribution in [0, 0.1) is 5.92 Å². The van der Waals surface area contributed by atoms with Crippen molar-refractivity contribution in [2.45, 2.75) is 61.5 Å². The first-order valence-electron chi connectivity index (χ1n) is 14.5. The number of phenolic OH excluding ortho intramolecular Hbond substituents is 1. The number of cyclic esters (lactones) is 1. The van der Waals surface area contributed by atoms with Crippen LogP contribution in [0.3, 0.4) is 0 Å². The number of ether oxygens (including phenoxy) is 9. The van der Waals surface area contributed by atoms with Crippen molar-refractivity contribution in [3.8, 4) is 28.7 Å². The summed E-state index contributed by atoms with van der Waals surface area (Å²) in [5.41, 5.74) is -0.884. The summed E-state index contributed by atoms with van der Waals surface area (Å²) in [6.45, 7) is 5.36. The minimum Gasteiger partial charge on any atom is -0.502 e. The summed E-state index contributed by atoms with van der Waals surface area (Å²) in [6.07, 6.45) is -7.61. The van der Waals surface area contributed by atoms with Gasteiger partial charge in [-0.25, -0.2) is 4.79 Å². The lowest BCUT2D eigenvalue weighted by molar-refractivity contribution is -0.366. The Labute approximate surface area is 257 Å². The van der Waals surface area contributed by atoms with E-state index in [-0.39, 0.29) is 42.8 Å². The molecule has 14 nitrogen and oxygen atoms in total. The first kappa shape index (κ1) is 30.0. The standard InChI is InChI=1S/C31H34O14/c1-12-29(35)40-9-17-27(45-30-26(34)25(33)28-22(44-30)10-39-13(2)43-28)16-8-19-18(41-11-42-19)7-15(16)23(31(12,17)36)14-5-20(37-3)24(32)21(6-14)38-4/h5-8,13,17,22-23,25-28,30,32-34,36H,1,9-11H2,2-4H3. The maximum atomic E-state index is 13.0. The van der Waals surface area contributed by atoms with Crippen LogP contribution in [-0.2, 0) is 28.5 Å². The maximum absolute atomic E-state index is 13.0. The fourth-order valence-electron chi connectivity index (χ4n) is 7.03. The van der Waals surface area contributed by atoms with Crippen LogP contribution in [0.15, 0.2) is 36.4 Å². The predicted octanol–water partition coefficient (Wildman–Crippen LogP) is 1.01. The molecular weight excluding hydrogens is 596 g/mol. The number of phenols is 1. The molecular formula is C31H34O14. The second kappa shape index (κ2) is 11.0. The predicted molar refractivity (Wildman–Crippen MR) is 149 cm³/mol. The van der Waals surface area contributed by atoms with Crippen molar-refractivity contribution in [2.75, 3.05) is 34.2 Å². The number of benzene rings is 2. The van der Waals surface area contributed by atoms with Gasteiger partial charge in [0.25, 0.3) is 0 Å². The van der Waals surface area contributed by atoms with E-state index in [1.807, 2.05) is 0 Å². The summed E-state index contributed by atoms with van der Waals surface area (Å²) in [4.78, 5) is 13.0. The topological polar surface area (TPSA) is 181 Å². The number of aliphatic hydroxyl groups excluding tert-OH is 2. The van der Waals surface area contributed by atoms with Crippen molar-refractivity contribution < 1.29 is 67.9 Å². The Kier molecular flexibility index (Phi) is 7.35. The SMILES string of the molecule is C=C1C(=O)OCC2C(OC3OC4COC(C)OC4C(O)C3O)c3cc4c(cc3C(c3cc(OC)c(O)c(OC)c3)C12O)OCO4. The second-order valence-corrected chi connectivity index (χ2v) is 11.6. The summed E-state index contributed by atoms with van der Waals surface area (Å²) in [7, 11) is 2.75. The van der Waals surface area contributed by atoms with E-state index in [1.165, 1.54) is 26.4 Å². The van der Waals surface area contributed by atoms with Crippen molar-refractivity contribution >= 4 is 5.97 Å². The van der Waals surface area contributed by atoms with E-state index in [4.69, 9.17) is 42.6 Å². The molecule has 4 heterocycles. The molecule has 14 heteroatoms. The summed E-state index contributed by atoms with van der Waals surface area (Å²) in [6, 6.07) is 6.45. The van der Waals surface area contributed by atoms with Gasteiger partial charge < -0.3 is 63.1 Å². The van der Waals surface area contributed by atoms with Crippen LogP contribution in [0.2, 0.25) is 0 Å². The highest BCUT2D eigenvalue weighted by Gasteiger charge is 2.61. The van der Waals surface area contributed by atoms with Crippen LogP contribution in [-0.4, -0.2) is 103 Å². The van der Waals surface area contributed by atoms with Gasteiger partial charge in [0.2, 0.25) is 12.5 Å². The third-order valence-corrected chi connectivity index (χ3v) is 9.29. The zero-order valence-electron chi connectivity index (χ0n) is 24.7. The van der Waals surface area contributed by atoms with Gasteiger partial charge in [-0.2, -0.15) is 0 Å². The molecule has 2 aromatic rings. The highest BCUT2D eigenvalue weighted by molar-refractivity contribution is 5.92. The number of aliphatic hydroxyl groups is 3. The molecule has 3 saturated heterocycles. The third kappa shape index (κ3) is 4.54. The van der Waals surface area contributed by atoms with E-state index in [1.54, 1.807) is 19.1 Å². The Morgan fingerprint density at radius 1 is 0.933 bits per heavy atom. The van der Waals surface area contributed by atoms with E-state index in [0.717, 1.165) is 0 Å². The fourth-order valence-corrected chi connectivity index (χ4v) is 7.03. The summed E-state index contributed by atoms with van der Waals surface area (Å²) in [5, 5.41) is 45.6. The van der Waals surface area contributed by atoms with Gasteiger partial charge in [-0.1, -0.05) is 6.58 Å². The first-order valence-corrected chi connectivity index (χ1v) is 14.5. The maximum Gasteiger partial charge on any atom is 0.336 e. The van der Waals surface area contributed by atoms with Gasteiger partial charge in [-0.15, -0.1) is 0 Å². The van der Waals surface area contributed by atoms with E-state index < -0.39 is 66.5 Å². The Bertz CT molecular complexity index is 1500. The summed E-state index contributed by atoms with van der Waals surface area (Å²) >= 11 is 0. The fraction of sp³-hybridized carbons (Fsp3) is 0.516. The highest BCUT2D eigenvalue weighted by Crippen LogP contribution is 2.59. The number of aromatic hydroxyl groups is 1. The Morgan fingerprint density at radius 3 is 2.27 bits per heavy atom. The second-order valence-electron chi connectivity index (χ2n) is 11.6. The van der Waals surface area contributed by atoms with Gasteiger partial charge in [-0.3, -0.25) is 0 Å². The van der Waals surface area contributed by atoms with Gasteiger partial charge in [-0.05, 0) is 47.9 Å². The smallest absolute Gasteiger partial charge is 0.336 e. The lowest BCUT2D eigenvalue weighted by atomic mass is 9.59. The van der Waals surface area contributed by atoms with Gasteiger partial charge in [0.15, 0.2) is 35.6 Å². The Hall–Kier alpha value is -3.63. The number of esters is 1. The molecule has 5 aliphatic rings. The monoisotopic (exact) mass is 630 g/mol. The Balaban J connectivity index is 1.38. The molecule has 7 rings (SSSR count). The van der Waals surface area contributed by atoms with Crippen molar-refractivity contribution in [3.05, 3.63) is 53.1 Å². The number of hydrogen-bond donors (Lipinski definition) is 4. The van der Waals surface area contributed by atoms with Crippen molar-refractivity contribution in [3.63, 3.8) is 0 Å². The quantitative estimate of drug-likeness (QED) is 0.271. The highest BCUT2D eigenvalue weighted by atomic mass is 16.8. The van der Waals surface area contributed by atoms with Gasteiger partial charge in [0.05, 0.1) is 38.4 Å². The molecule has 1 aliphatic carbocycles. The molecule has 4 aliphatic heterocycles. The molecule has 10 unspecified atom stereocenters. The zero-order chi connectivity index (χ0) is 31.8. The molecule has 2 aromatic carbocycles. The van der Waals surface area contributed by atoms with E-state index in [9.17, 15) is 25.2 Å². The van der Waals surface area contributed by atoms with Gasteiger partial charge >= 0.3 is 5.97 Å². The van der Waals surface area contributed by atoms with Gasteiger partial charge in [0, 0.05) is 5.92 Å². The molecule has 4 N–H and O–H groups in total. The number of carbonyl (C=O) groups is 1. The molecule has 0 bridgehead atoms. The van der Waals surface area contributed by atoms with E-state index in [2.05, 4.69) is 6.58 Å². The average Bonchev–Trinajstić information content (AvgIpc) is 3.49. The number of fused-ring (bicyclic) bond motifs is 4. The largest absolute Gasteiger partial charge is 0.502 e.